The lowest BCUT2D eigenvalue weighted by molar-refractivity contribution is 0.222. The monoisotopic (exact) mass is 413 g/mol. The third-order valence-electron chi connectivity index (χ3n) is 4.22. The molecule has 1 heterocycles. The minimum atomic E-state index is -4.14. The number of sulfonamides is 1. The second-order valence-electron chi connectivity index (χ2n) is 6.29. The van der Waals surface area contributed by atoms with Crippen LogP contribution in [0.2, 0.25) is 0 Å². The number of aromatic nitrogens is 1. The van der Waals surface area contributed by atoms with Crippen molar-refractivity contribution in [1.29, 1.82) is 0 Å². The van der Waals surface area contributed by atoms with E-state index in [-0.39, 0.29) is 18.0 Å². The van der Waals surface area contributed by atoms with Gasteiger partial charge < -0.3 is 5.32 Å². The SMILES string of the molecule is O=C(NCCc1ccccc1)N(Cc1ccc(F)cc1)S(=O)(=O)c1cccnc1. The lowest BCUT2D eigenvalue weighted by atomic mass is 10.1. The molecule has 29 heavy (non-hydrogen) atoms. The Morgan fingerprint density at radius 1 is 0.966 bits per heavy atom. The maximum atomic E-state index is 13.2. The summed E-state index contributed by atoms with van der Waals surface area (Å²) >= 11 is 0. The number of hydrogen-bond donors (Lipinski definition) is 1. The molecule has 0 aliphatic heterocycles. The standard InChI is InChI=1S/C21H20FN3O3S/c22-19-10-8-18(9-11-19)16-25(29(27,28)20-7-4-13-23-15-20)21(26)24-14-12-17-5-2-1-3-6-17/h1-11,13,15H,12,14,16H2,(H,24,26). The van der Waals surface area contributed by atoms with E-state index in [1.807, 2.05) is 30.3 Å². The molecule has 0 saturated carbocycles. The Hall–Kier alpha value is -3.26. The van der Waals surface area contributed by atoms with Gasteiger partial charge >= 0.3 is 6.03 Å². The molecule has 0 fully saturated rings. The molecule has 3 aromatic rings. The van der Waals surface area contributed by atoms with Crippen LogP contribution in [-0.4, -0.2) is 30.3 Å². The van der Waals surface area contributed by atoms with Gasteiger partial charge in [-0.2, -0.15) is 0 Å². The van der Waals surface area contributed by atoms with Gasteiger partial charge in [0.2, 0.25) is 0 Å². The number of nitrogens with one attached hydrogen (secondary N) is 1. The molecule has 2 amide bonds. The molecule has 0 spiro atoms. The van der Waals surface area contributed by atoms with Gasteiger partial charge in [-0.25, -0.2) is 21.9 Å². The first-order valence-electron chi connectivity index (χ1n) is 8.96. The molecule has 0 radical (unpaired) electrons. The van der Waals surface area contributed by atoms with Crippen molar-refractivity contribution in [1.82, 2.24) is 14.6 Å². The fourth-order valence-corrected chi connectivity index (χ4v) is 4.00. The number of hydrogen-bond acceptors (Lipinski definition) is 4. The number of carbonyl (C=O) groups excluding carboxylic acids is 1. The number of rotatable bonds is 7. The van der Waals surface area contributed by atoms with Gasteiger partial charge in [-0.15, -0.1) is 0 Å². The average molecular weight is 413 g/mol. The van der Waals surface area contributed by atoms with Crippen LogP contribution in [0.5, 0.6) is 0 Å². The molecule has 3 rings (SSSR count). The van der Waals surface area contributed by atoms with Crippen molar-refractivity contribution in [3.8, 4) is 0 Å². The summed E-state index contributed by atoms with van der Waals surface area (Å²) < 4.78 is 40.0. The third-order valence-corrected chi connectivity index (χ3v) is 5.93. The Balaban J connectivity index is 1.79. The van der Waals surface area contributed by atoms with Crippen LogP contribution in [-0.2, 0) is 23.0 Å². The Morgan fingerprint density at radius 2 is 1.69 bits per heavy atom. The zero-order chi connectivity index (χ0) is 20.7. The zero-order valence-corrected chi connectivity index (χ0v) is 16.3. The molecule has 1 N–H and O–H groups in total. The smallest absolute Gasteiger partial charge is 0.331 e. The summed E-state index contributed by atoms with van der Waals surface area (Å²) in [7, 11) is -4.14. The summed E-state index contributed by atoms with van der Waals surface area (Å²) in [4.78, 5) is 16.5. The van der Waals surface area contributed by atoms with Gasteiger partial charge in [-0.05, 0) is 41.8 Å². The molecule has 8 heteroatoms. The highest BCUT2D eigenvalue weighted by Gasteiger charge is 2.29. The highest BCUT2D eigenvalue weighted by Crippen LogP contribution is 2.18. The predicted molar refractivity (Wildman–Crippen MR) is 107 cm³/mol. The molecule has 0 unspecified atom stereocenters. The van der Waals surface area contributed by atoms with Gasteiger partial charge in [0.15, 0.2) is 0 Å². The molecule has 0 aliphatic carbocycles. The van der Waals surface area contributed by atoms with Crippen LogP contribution in [0.1, 0.15) is 11.1 Å². The Bertz CT molecular complexity index is 1040. The second-order valence-corrected chi connectivity index (χ2v) is 8.16. The van der Waals surface area contributed by atoms with Crippen molar-refractivity contribution in [2.75, 3.05) is 6.54 Å². The summed E-state index contributed by atoms with van der Waals surface area (Å²) in [6, 6.07) is 17.0. The van der Waals surface area contributed by atoms with Crippen LogP contribution < -0.4 is 5.32 Å². The molecule has 0 atom stereocenters. The van der Waals surface area contributed by atoms with E-state index >= 15 is 0 Å². The van der Waals surface area contributed by atoms with E-state index in [4.69, 9.17) is 0 Å². The van der Waals surface area contributed by atoms with E-state index in [1.54, 1.807) is 0 Å². The predicted octanol–water partition coefficient (Wildman–Crippen LogP) is 3.36. The fourth-order valence-electron chi connectivity index (χ4n) is 2.70. The van der Waals surface area contributed by atoms with E-state index < -0.39 is 21.9 Å². The van der Waals surface area contributed by atoms with Crippen LogP contribution in [0.4, 0.5) is 9.18 Å². The molecule has 0 bridgehead atoms. The first-order chi connectivity index (χ1) is 14.0. The Labute approximate surface area is 169 Å². The Morgan fingerprint density at radius 3 is 2.34 bits per heavy atom. The van der Waals surface area contributed by atoms with Crippen LogP contribution in [0, 0.1) is 5.82 Å². The van der Waals surface area contributed by atoms with E-state index in [0.717, 1.165) is 9.87 Å². The summed E-state index contributed by atoms with van der Waals surface area (Å²) in [5, 5.41) is 2.65. The summed E-state index contributed by atoms with van der Waals surface area (Å²) in [5.74, 6) is -0.442. The number of nitrogens with zero attached hydrogens (tertiary/aromatic N) is 2. The van der Waals surface area contributed by atoms with Crippen molar-refractivity contribution < 1.29 is 17.6 Å². The number of benzene rings is 2. The van der Waals surface area contributed by atoms with Gasteiger partial charge in [0, 0.05) is 18.9 Å². The maximum Gasteiger partial charge on any atom is 0.331 e. The zero-order valence-electron chi connectivity index (χ0n) is 15.5. The minimum absolute atomic E-state index is 0.0969. The van der Waals surface area contributed by atoms with Gasteiger partial charge in [0.05, 0.1) is 6.54 Å². The molecule has 2 aromatic carbocycles. The molecule has 0 aliphatic rings. The molecular formula is C21H20FN3O3S. The molecule has 1 aromatic heterocycles. The van der Waals surface area contributed by atoms with E-state index in [1.165, 1.54) is 48.8 Å². The van der Waals surface area contributed by atoms with Crippen molar-refractivity contribution in [2.45, 2.75) is 17.9 Å². The third kappa shape index (κ3) is 5.39. The minimum Gasteiger partial charge on any atom is -0.337 e. The lowest BCUT2D eigenvalue weighted by Crippen LogP contribution is -2.43. The fraction of sp³-hybridized carbons (Fsp3) is 0.143. The summed E-state index contributed by atoms with van der Waals surface area (Å²) in [6.07, 6.45) is 3.19. The topological polar surface area (TPSA) is 79.4 Å². The first kappa shape index (κ1) is 20.5. The Kier molecular flexibility index (Phi) is 6.56. The molecular weight excluding hydrogens is 393 g/mol. The quantitative estimate of drug-likeness (QED) is 0.644. The summed E-state index contributed by atoms with van der Waals surface area (Å²) in [6.45, 7) is 0.0417. The summed E-state index contributed by atoms with van der Waals surface area (Å²) in [5.41, 5.74) is 1.50. The van der Waals surface area contributed by atoms with Gasteiger partial charge in [-0.3, -0.25) is 4.98 Å². The normalized spacial score (nSPS) is 11.1. The number of halogens is 1. The van der Waals surface area contributed by atoms with Crippen LogP contribution in [0.3, 0.4) is 0 Å². The van der Waals surface area contributed by atoms with Crippen LogP contribution in [0.15, 0.2) is 84.0 Å². The van der Waals surface area contributed by atoms with Gasteiger partial charge in [0.25, 0.3) is 10.0 Å². The number of carbonyl (C=O) groups is 1. The highest BCUT2D eigenvalue weighted by atomic mass is 32.2. The van der Waals surface area contributed by atoms with E-state index in [0.29, 0.717) is 12.0 Å². The van der Waals surface area contributed by atoms with Crippen LogP contribution >= 0.6 is 0 Å². The largest absolute Gasteiger partial charge is 0.337 e. The molecule has 0 saturated heterocycles. The highest BCUT2D eigenvalue weighted by molar-refractivity contribution is 7.89. The van der Waals surface area contributed by atoms with Gasteiger partial charge in [0.1, 0.15) is 10.7 Å². The van der Waals surface area contributed by atoms with Crippen molar-refractivity contribution in [3.05, 3.63) is 96.1 Å². The van der Waals surface area contributed by atoms with Crippen molar-refractivity contribution >= 4 is 16.1 Å². The number of urea groups is 1. The van der Waals surface area contributed by atoms with Crippen LogP contribution in [0.25, 0.3) is 0 Å². The lowest BCUT2D eigenvalue weighted by Gasteiger charge is -2.23. The van der Waals surface area contributed by atoms with E-state index in [2.05, 4.69) is 10.3 Å². The molecule has 6 nitrogen and oxygen atoms in total. The maximum absolute atomic E-state index is 13.2. The average Bonchev–Trinajstić information content (AvgIpc) is 2.74. The first-order valence-corrected chi connectivity index (χ1v) is 10.4. The van der Waals surface area contributed by atoms with E-state index in [9.17, 15) is 17.6 Å². The number of pyridine rings is 1. The molecule has 150 valence electrons. The van der Waals surface area contributed by atoms with Crippen molar-refractivity contribution in [2.24, 2.45) is 0 Å². The van der Waals surface area contributed by atoms with Gasteiger partial charge in [-0.1, -0.05) is 42.5 Å². The number of amides is 2. The second kappa shape index (κ2) is 9.29. The van der Waals surface area contributed by atoms with Crippen molar-refractivity contribution in [3.63, 3.8) is 0 Å².